The molecule has 0 radical (unpaired) electrons. The van der Waals surface area contributed by atoms with Gasteiger partial charge in [-0.3, -0.25) is 0 Å². The van der Waals surface area contributed by atoms with Crippen molar-refractivity contribution in [2.75, 3.05) is 4.90 Å². The first-order valence-corrected chi connectivity index (χ1v) is 18.2. The molecule has 0 spiro atoms. The minimum absolute atomic E-state index is 0.158. The molecule has 1 nitrogen and oxygen atoms in total. The Hall–Kier alpha value is -5.70. The van der Waals surface area contributed by atoms with Gasteiger partial charge in [-0.25, -0.2) is 0 Å². The van der Waals surface area contributed by atoms with E-state index in [1.54, 1.807) is 0 Å². The summed E-state index contributed by atoms with van der Waals surface area (Å²) in [7, 11) is 0. The quantitative estimate of drug-likeness (QED) is 0.172. The molecule has 0 bridgehead atoms. The van der Waals surface area contributed by atoms with Crippen molar-refractivity contribution in [1.82, 2.24) is 0 Å². The maximum Gasteiger partial charge on any atom is 0.0465 e. The summed E-state index contributed by atoms with van der Waals surface area (Å²) in [5, 5.41) is 2.68. The smallest absolute Gasteiger partial charge is 0.0465 e. The van der Waals surface area contributed by atoms with Crippen LogP contribution >= 0.6 is 11.3 Å². The highest BCUT2D eigenvalue weighted by Crippen LogP contribution is 2.52. The molecule has 0 atom stereocenters. The maximum absolute atomic E-state index is 2.44. The second kappa shape index (κ2) is 12.0. The molecule has 1 aliphatic rings. The van der Waals surface area contributed by atoms with Gasteiger partial charge >= 0.3 is 0 Å². The van der Waals surface area contributed by atoms with Gasteiger partial charge in [-0.05, 0) is 118 Å². The summed E-state index contributed by atoms with van der Waals surface area (Å²) >= 11 is 1.87. The molecule has 0 saturated carbocycles. The van der Waals surface area contributed by atoms with Gasteiger partial charge in [0.25, 0.3) is 0 Å². The van der Waals surface area contributed by atoms with Crippen LogP contribution in [-0.4, -0.2) is 0 Å². The van der Waals surface area contributed by atoms with Gasteiger partial charge in [-0.2, -0.15) is 0 Å². The van der Waals surface area contributed by atoms with E-state index in [9.17, 15) is 0 Å². The lowest BCUT2D eigenvalue weighted by atomic mass is 9.81. The summed E-state index contributed by atoms with van der Waals surface area (Å²) < 4.78 is 2.68. The van der Waals surface area contributed by atoms with Crippen LogP contribution in [0, 0.1) is 0 Å². The van der Waals surface area contributed by atoms with E-state index in [4.69, 9.17) is 0 Å². The fraction of sp³-hybridized carbons (Fsp3) is 0.0833. The molecule has 0 aliphatic heterocycles. The summed E-state index contributed by atoms with van der Waals surface area (Å²) in [5.74, 6) is 0. The second-order valence-corrected chi connectivity index (χ2v) is 14.8. The fourth-order valence-corrected chi connectivity index (χ4v) is 8.84. The number of hydrogen-bond acceptors (Lipinski definition) is 2. The number of hydrogen-bond donors (Lipinski definition) is 0. The van der Waals surface area contributed by atoms with Crippen LogP contribution in [0.15, 0.2) is 164 Å². The Kier molecular flexibility index (Phi) is 7.30. The Balaban J connectivity index is 1.12. The summed E-state index contributed by atoms with van der Waals surface area (Å²) in [6.07, 6.45) is 4.23. The first-order chi connectivity index (χ1) is 24.5. The predicted octanol–water partition coefficient (Wildman–Crippen LogP) is 14.2. The molecule has 9 rings (SSSR count). The van der Waals surface area contributed by atoms with Crippen molar-refractivity contribution in [2.24, 2.45) is 0 Å². The minimum Gasteiger partial charge on any atom is -0.310 e. The highest BCUT2D eigenvalue weighted by Gasteiger charge is 2.36. The van der Waals surface area contributed by atoms with Crippen molar-refractivity contribution >= 4 is 54.6 Å². The SMILES string of the molecule is C/C=C/c1ccc(N(c2ccc(-c3ccccc3)cc2)c2ccc3c(c2)C(C)(C)c2cc(-c4ccc5sc6ccccc6c5c4)ccc2-3)cc1. The van der Waals surface area contributed by atoms with Gasteiger partial charge < -0.3 is 4.90 Å². The maximum atomic E-state index is 2.44. The van der Waals surface area contributed by atoms with E-state index in [0.717, 1.165) is 17.1 Å². The summed E-state index contributed by atoms with van der Waals surface area (Å²) in [5.41, 5.74) is 14.8. The van der Waals surface area contributed by atoms with E-state index in [1.165, 1.54) is 70.2 Å². The van der Waals surface area contributed by atoms with E-state index in [1.807, 2.05) is 11.3 Å². The highest BCUT2D eigenvalue weighted by molar-refractivity contribution is 7.25. The average Bonchev–Trinajstić information content (AvgIpc) is 3.64. The lowest BCUT2D eigenvalue weighted by Gasteiger charge is -2.28. The fourth-order valence-electron chi connectivity index (χ4n) is 7.76. The Morgan fingerprint density at radius 2 is 1.04 bits per heavy atom. The average molecular weight is 660 g/mol. The number of thiophene rings is 1. The van der Waals surface area contributed by atoms with Crippen LogP contribution in [0.3, 0.4) is 0 Å². The molecule has 1 aromatic heterocycles. The molecule has 50 heavy (non-hydrogen) atoms. The molecule has 0 fully saturated rings. The van der Waals surface area contributed by atoms with E-state index in [0.29, 0.717) is 0 Å². The first-order valence-electron chi connectivity index (χ1n) is 17.4. The van der Waals surface area contributed by atoms with Crippen LogP contribution in [0.4, 0.5) is 17.1 Å². The monoisotopic (exact) mass is 659 g/mol. The van der Waals surface area contributed by atoms with E-state index in [2.05, 4.69) is 196 Å². The Labute approximate surface area is 298 Å². The number of allylic oxidation sites excluding steroid dienone is 1. The van der Waals surface area contributed by atoms with Crippen LogP contribution in [-0.2, 0) is 5.41 Å². The molecule has 2 heteroatoms. The number of anilines is 3. The summed E-state index contributed by atoms with van der Waals surface area (Å²) in [6.45, 7) is 6.82. The standard InChI is InChI=1S/C48H37NS/c1-4-10-32-15-21-37(22-16-32)49(38-23-17-34(18-24-38)33-11-6-5-7-12-33)39-25-27-41-40-26-19-36(30-44(40)48(2,3)45(41)31-39)35-20-28-47-43(29-35)42-13-8-9-14-46(42)50-47/h4-31H,1-3H3/b10-4+. The van der Waals surface area contributed by atoms with Crippen molar-refractivity contribution in [3.05, 3.63) is 180 Å². The van der Waals surface area contributed by atoms with Crippen molar-refractivity contribution in [3.8, 4) is 33.4 Å². The van der Waals surface area contributed by atoms with Gasteiger partial charge in [-0.1, -0.05) is 123 Å². The predicted molar refractivity (Wildman–Crippen MR) is 217 cm³/mol. The third kappa shape index (κ3) is 5.07. The van der Waals surface area contributed by atoms with E-state index < -0.39 is 0 Å². The normalized spacial score (nSPS) is 13.2. The van der Waals surface area contributed by atoms with Gasteiger partial charge in [0.05, 0.1) is 0 Å². The van der Waals surface area contributed by atoms with Crippen molar-refractivity contribution in [2.45, 2.75) is 26.2 Å². The molecule has 0 N–H and O–H groups in total. The molecule has 7 aromatic carbocycles. The van der Waals surface area contributed by atoms with Gasteiger partial charge in [0.1, 0.15) is 0 Å². The van der Waals surface area contributed by atoms with Gasteiger partial charge in [0.2, 0.25) is 0 Å². The Morgan fingerprint density at radius 3 is 1.80 bits per heavy atom. The van der Waals surface area contributed by atoms with Crippen LogP contribution in [0.25, 0.3) is 59.6 Å². The second-order valence-electron chi connectivity index (χ2n) is 13.8. The number of rotatable bonds is 6. The third-order valence-electron chi connectivity index (χ3n) is 10.4. The van der Waals surface area contributed by atoms with Gasteiger partial charge in [0.15, 0.2) is 0 Å². The topological polar surface area (TPSA) is 3.24 Å². The largest absolute Gasteiger partial charge is 0.310 e. The molecular weight excluding hydrogens is 623 g/mol. The van der Waals surface area contributed by atoms with Gasteiger partial charge in [-0.15, -0.1) is 11.3 Å². The molecule has 0 unspecified atom stereocenters. The molecular formula is C48H37NS. The van der Waals surface area contributed by atoms with Crippen LogP contribution < -0.4 is 4.90 Å². The van der Waals surface area contributed by atoms with Crippen LogP contribution in [0.1, 0.15) is 37.5 Å². The molecule has 240 valence electrons. The van der Waals surface area contributed by atoms with Crippen LogP contribution in [0.5, 0.6) is 0 Å². The molecule has 0 saturated heterocycles. The van der Waals surface area contributed by atoms with Gasteiger partial charge in [0, 0.05) is 42.6 Å². The zero-order valence-corrected chi connectivity index (χ0v) is 29.3. The summed E-state index contributed by atoms with van der Waals surface area (Å²) in [4.78, 5) is 2.39. The molecule has 1 heterocycles. The first kappa shape index (κ1) is 30.4. The number of benzene rings is 7. The number of nitrogens with zero attached hydrogens (tertiary/aromatic N) is 1. The minimum atomic E-state index is -0.158. The molecule has 1 aliphatic carbocycles. The third-order valence-corrected chi connectivity index (χ3v) is 11.5. The van der Waals surface area contributed by atoms with Crippen molar-refractivity contribution in [1.29, 1.82) is 0 Å². The molecule has 0 amide bonds. The lowest BCUT2D eigenvalue weighted by Crippen LogP contribution is -2.16. The lowest BCUT2D eigenvalue weighted by molar-refractivity contribution is 0.660. The van der Waals surface area contributed by atoms with Crippen LogP contribution in [0.2, 0.25) is 0 Å². The van der Waals surface area contributed by atoms with E-state index in [-0.39, 0.29) is 5.41 Å². The number of fused-ring (bicyclic) bond motifs is 6. The zero-order chi connectivity index (χ0) is 33.8. The Bertz CT molecular complexity index is 2550. The van der Waals surface area contributed by atoms with Crippen molar-refractivity contribution in [3.63, 3.8) is 0 Å². The van der Waals surface area contributed by atoms with E-state index >= 15 is 0 Å². The molecule has 8 aromatic rings. The Morgan fingerprint density at radius 1 is 0.480 bits per heavy atom. The van der Waals surface area contributed by atoms with Crippen molar-refractivity contribution < 1.29 is 0 Å². The zero-order valence-electron chi connectivity index (χ0n) is 28.5. The summed E-state index contributed by atoms with van der Waals surface area (Å²) in [6, 6.07) is 58.2. The highest BCUT2D eigenvalue weighted by atomic mass is 32.1.